The Kier molecular flexibility index (Phi) is 5.62. The van der Waals surface area contributed by atoms with Crippen LogP contribution < -0.4 is 5.32 Å². The van der Waals surface area contributed by atoms with Gasteiger partial charge < -0.3 is 15.0 Å². The summed E-state index contributed by atoms with van der Waals surface area (Å²) in [5.74, 6) is 2.40. The zero-order chi connectivity index (χ0) is 16.2. The molecule has 0 radical (unpaired) electrons. The van der Waals surface area contributed by atoms with Gasteiger partial charge in [-0.05, 0) is 50.6 Å². The Morgan fingerprint density at radius 1 is 1.45 bits per heavy atom. The van der Waals surface area contributed by atoms with E-state index in [4.69, 9.17) is 4.74 Å². The number of carbonyl (C=O) groups excluding carboxylic acids is 1. The van der Waals surface area contributed by atoms with Crippen LogP contribution in [0.4, 0.5) is 10.5 Å². The quantitative estimate of drug-likeness (QED) is 0.910. The number of benzene rings is 1. The van der Waals surface area contributed by atoms with Gasteiger partial charge in [-0.2, -0.15) is 11.8 Å². The molecule has 1 fully saturated rings. The number of hydrogen-bond donors (Lipinski definition) is 1. The lowest BCUT2D eigenvalue weighted by Crippen LogP contribution is -2.33. The SMILES string of the molecule is CN(Cc1cccc(NC2CCSC2)c1)C(=O)OC(C)(C)C. The molecule has 1 aliphatic heterocycles. The van der Waals surface area contributed by atoms with Crippen LogP contribution in [0.5, 0.6) is 0 Å². The molecule has 2 rings (SSSR count). The number of amides is 1. The molecule has 1 atom stereocenters. The standard InChI is InChI=1S/C17H26N2O2S/c1-17(2,3)21-16(20)19(4)11-13-6-5-7-14(10-13)18-15-8-9-22-12-15/h5-7,10,15,18H,8-9,11-12H2,1-4H3. The Morgan fingerprint density at radius 3 is 2.86 bits per heavy atom. The van der Waals surface area contributed by atoms with Gasteiger partial charge in [0.1, 0.15) is 5.60 Å². The first-order valence-electron chi connectivity index (χ1n) is 7.71. The predicted molar refractivity (Wildman–Crippen MR) is 93.5 cm³/mol. The van der Waals surface area contributed by atoms with Crippen LogP contribution in [0.1, 0.15) is 32.8 Å². The highest BCUT2D eigenvalue weighted by molar-refractivity contribution is 7.99. The molecule has 0 aliphatic carbocycles. The number of anilines is 1. The summed E-state index contributed by atoms with van der Waals surface area (Å²) in [7, 11) is 1.77. The molecule has 1 aliphatic rings. The third-order valence-electron chi connectivity index (χ3n) is 3.35. The van der Waals surface area contributed by atoms with E-state index < -0.39 is 5.60 Å². The van der Waals surface area contributed by atoms with E-state index in [2.05, 4.69) is 17.4 Å². The highest BCUT2D eigenvalue weighted by Crippen LogP contribution is 2.22. The van der Waals surface area contributed by atoms with Crippen molar-refractivity contribution in [1.29, 1.82) is 0 Å². The molecule has 1 saturated heterocycles. The molecule has 122 valence electrons. The van der Waals surface area contributed by atoms with Gasteiger partial charge in [0.15, 0.2) is 0 Å². The van der Waals surface area contributed by atoms with Crippen molar-refractivity contribution in [2.75, 3.05) is 23.9 Å². The maximum atomic E-state index is 12.0. The predicted octanol–water partition coefficient (Wildman–Crippen LogP) is 3.97. The van der Waals surface area contributed by atoms with Crippen LogP contribution in [-0.4, -0.2) is 41.2 Å². The topological polar surface area (TPSA) is 41.6 Å². The largest absolute Gasteiger partial charge is 0.444 e. The highest BCUT2D eigenvalue weighted by atomic mass is 32.2. The summed E-state index contributed by atoms with van der Waals surface area (Å²) < 4.78 is 5.38. The Balaban J connectivity index is 1.93. The second kappa shape index (κ2) is 7.27. The van der Waals surface area contributed by atoms with E-state index in [0.717, 1.165) is 11.3 Å². The van der Waals surface area contributed by atoms with Gasteiger partial charge in [0.25, 0.3) is 0 Å². The van der Waals surface area contributed by atoms with Crippen LogP contribution in [0, 0.1) is 0 Å². The lowest BCUT2D eigenvalue weighted by atomic mass is 10.1. The number of carbonyl (C=O) groups is 1. The van der Waals surface area contributed by atoms with Crippen molar-refractivity contribution in [2.45, 2.75) is 45.4 Å². The molecule has 4 nitrogen and oxygen atoms in total. The molecule has 1 aromatic carbocycles. The number of nitrogens with one attached hydrogen (secondary N) is 1. The molecule has 0 saturated carbocycles. The molecule has 22 heavy (non-hydrogen) atoms. The van der Waals surface area contributed by atoms with Crippen LogP contribution >= 0.6 is 11.8 Å². The Morgan fingerprint density at radius 2 is 2.23 bits per heavy atom. The van der Waals surface area contributed by atoms with Crippen LogP contribution in [0.3, 0.4) is 0 Å². The summed E-state index contributed by atoms with van der Waals surface area (Å²) in [6.45, 7) is 6.18. The van der Waals surface area contributed by atoms with Gasteiger partial charge in [-0.3, -0.25) is 0 Å². The molecule has 1 N–H and O–H groups in total. The molecule has 0 bridgehead atoms. The fourth-order valence-electron chi connectivity index (χ4n) is 2.32. The molecular formula is C17H26N2O2S. The minimum atomic E-state index is -0.463. The van der Waals surface area contributed by atoms with Crippen LogP contribution in [-0.2, 0) is 11.3 Å². The summed E-state index contributed by atoms with van der Waals surface area (Å²) in [5, 5.41) is 3.57. The van der Waals surface area contributed by atoms with E-state index in [0.29, 0.717) is 12.6 Å². The smallest absolute Gasteiger partial charge is 0.410 e. The van der Waals surface area contributed by atoms with Crippen molar-refractivity contribution < 1.29 is 9.53 Å². The fourth-order valence-corrected chi connectivity index (χ4v) is 3.47. The number of hydrogen-bond acceptors (Lipinski definition) is 4. The molecule has 5 heteroatoms. The van der Waals surface area contributed by atoms with Crippen LogP contribution in [0.15, 0.2) is 24.3 Å². The first-order valence-corrected chi connectivity index (χ1v) is 8.86. The minimum Gasteiger partial charge on any atom is -0.444 e. The van der Waals surface area contributed by atoms with Crippen molar-refractivity contribution in [2.24, 2.45) is 0 Å². The van der Waals surface area contributed by atoms with E-state index in [1.54, 1.807) is 11.9 Å². The zero-order valence-electron chi connectivity index (χ0n) is 13.9. The van der Waals surface area contributed by atoms with Gasteiger partial charge in [-0.1, -0.05) is 12.1 Å². The molecule has 1 unspecified atom stereocenters. The number of rotatable bonds is 4. The molecule has 0 aromatic heterocycles. The van der Waals surface area contributed by atoms with Crippen molar-refractivity contribution in [3.8, 4) is 0 Å². The van der Waals surface area contributed by atoms with Crippen LogP contribution in [0.25, 0.3) is 0 Å². The maximum Gasteiger partial charge on any atom is 0.410 e. The molecule has 1 heterocycles. The highest BCUT2D eigenvalue weighted by Gasteiger charge is 2.20. The summed E-state index contributed by atoms with van der Waals surface area (Å²) >= 11 is 1.99. The van der Waals surface area contributed by atoms with Crippen molar-refractivity contribution in [1.82, 2.24) is 4.90 Å². The van der Waals surface area contributed by atoms with Gasteiger partial charge >= 0.3 is 6.09 Å². The summed E-state index contributed by atoms with van der Waals surface area (Å²) in [4.78, 5) is 13.6. The van der Waals surface area contributed by atoms with E-state index in [-0.39, 0.29) is 6.09 Å². The van der Waals surface area contributed by atoms with Crippen molar-refractivity contribution >= 4 is 23.5 Å². The minimum absolute atomic E-state index is 0.293. The van der Waals surface area contributed by atoms with Gasteiger partial charge in [0, 0.05) is 31.1 Å². The Labute approximate surface area is 137 Å². The maximum absolute atomic E-state index is 12.0. The Bertz CT molecular complexity index is 508. The average molecular weight is 322 g/mol. The lowest BCUT2D eigenvalue weighted by molar-refractivity contribution is 0.0285. The van der Waals surface area contributed by atoms with Crippen molar-refractivity contribution in [3.05, 3.63) is 29.8 Å². The average Bonchev–Trinajstić information content (AvgIpc) is 2.90. The van der Waals surface area contributed by atoms with Gasteiger partial charge in [0.2, 0.25) is 0 Å². The molecular weight excluding hydrogens is 296 g/mol. The first-order chi connectivity index (χ1) is 10.3. The van der Waals surface area contributed by atoms with Gasteiger partial charge in [0.05, 0.1) is 0 Å². The second-order valence-corrected chi connectivity index (χ2v) is 7.89. The Hall–Kier alpha value is -1.36. The normalized spacial score (nSPS) is 18.1. The summed E-state index contributed by atoms with van der Waals surface area (Å²) in [6.07, 6.45) is 0.922. The van der Waals surface area contributed by atoms with E-state index in [9.17, 15) is 4.79 Å². The first kappa shape index (κ1) is 17.0. The summed E-state index contributed by atoms with van der Waals surface area (Å²) in [6, 6.07) is 8.82. The van der Waals surface area contributed by atoms with Crippen LogP contribution in [0.2, 0.25) is 0 Å². The summed E-state index contributed by atoms with van der Waals surface area (Å²) in [5.41, 5.74) is 1.76. The molecule has 1 aromatic rings. The fraction of sp³-hybridized carbons (Fsp3) is 0.588. The van der Waals surface area contributed by atoms with Gasteiger partial charge in [-0.25, -0.2) is 4.79 Å². The van der Waals surface area contributed by atoms with Crippen molar-refractivity contribution in [3.63, 3.8) is 0 Å². The zero-order valence-corrected chi connectivity index (χ0v) is 14.7. The second-order valence-electron chi connectivity index (χ2n) is 6.74. The van der Waals surface area contributed by atoms with Gasteiger partial charge in [-0.15, -0.1) is 0 Å². The van der Waals surface area contributed by atoms with E-state index in [1.807, 2.05) is 44.7 Å². The lowest BCUT2D eigenvalue weighted by Gasteiger charge is -2.25. The third-order valence-corrected chi connectivity index (χ3v) is 4.51. The molecule has 0 spiro atoms. The number of thioether (sulfide) groups is 1. The van der Waals surface area contributed by atoms with E-state index >= 15 is 0 Å². The molecule has 1 amide bonds. The number of ether oxygens (including phenoxy) is 1. The van der Waals surface area contributed by atoms with E-state index in [1.165, 1.54) is 17.9 Å². The third kappa shape index (κ3) is 5.44. The monoisotopic (exact) mass is 322 g/mol. The number of nitrogens with zero attached hydrogens (tertiary/aromatic N) is 1.